The van der Waals surface area contributed by atoms with Crippen LogP contribution in [0.25, 0.3) is 0 Å². The molecule has 1 heterocycles. The molecule has 19 heavy (non-hydrogen) atoms. The Morgan fingerprint density at radius 3 is 2.74 bits per heavy atom. The van der Waals surface area contributed by atoms with E-state index in [4.69, 9.17) is 16.3 Å². The van der Waals surface area contributed by atoms with Gasteiger partial charge in [0.25, 0.3) is 0 Å². The summed E-state index contributed by atoms with van der Waals surface area (Å²) in [7, 11) is 0. The molecular formula is C12H11ClFN3OS. The molecule has 0 amide bonds. The molecule has 0 saturated heterocycles. The second-order valence-corrected chi connectivity index (χ2v) is 5.27. The fraction of sp³-hybridized carbons (Fsp3) is 0.250. The molecule has 2 aromatic rings. The summed E-state index contributed by atoms with van der Waals surface area (Å²) in [6, 6.07) is 6.30. The van der Waals surface area contributed by atoms with E-state index in [2.05, 4.69) is 15.0 Å². The topological polar surface area (TPSA) is 47.9 Å². The van der Waals surface area contributed by atoms with Crippen LogP contribution in [0.2, 0.25) is 5.28 Å². The van der Waals surface area contributed by atoms with Gasteiger partial charge in [0.1, 0.15) is 5.82 Å². The predicted octanol–water partition coefficient (Wildman–Crippen LogP) is 3.60. The standard InChI is InChI=1S/C12H11ClFN3OS/c1-7(2)18-11-15-10(13)16-12(17-11)19-9-5-3-4-8(14)6-9/h3-7H,1-2H3. The van der Waals surface area contributed by atoms with Gasteiger partial charge in [-0.1, -0.05) is 6.07 Å². The molecule has 0 unspecified atom stereocenters. The van der Waals surface area contributed by atoms with Crippen molar-refractivity contribution in [2.75, 3.05) is 0 Å². The van der Waals surface area contributed by atoms with Gasteiger partial charge in [-0.2, -0.15) is 15.0 Å². The van der Waals surface area contributed by atoms with Crippen LogP contribution >= 0.6 is 23.4 Å². The average molecular weight is 300 g/mol. The fourth-order valence-corrected chi connectivity index (χ4v) is 2.25. The van der Waals surface area contributed by atoms with Gasteiger partial charge < -0.3 is 4.74 Å². The lowest BCUT2D eigenvalue weighted by molar-refractivity contribution is 0.219. The highest BCUT2D eigenvalue weighted by Crippen LogP contribution is 2.26. The first-order valence-corrected chi connectivity index (χ1v) is 6.74. The van der Waals surface area contributed by atoms with E-state index in [1.165, 1.54) is 23.9 Å². The van der Waals surface area contributed by atoms with Crippen molar-refractivity contribution >= 4 is 23.4 Å². The Kier molecular flexibility index (Phi) is 4.55. The zero-order valence-electron chi connectivity index (χ0n) is 10.3. The van der Waals surface area contributed by atoms with E-state index in [1.54, 1.807) is 12.1 Å². The van der Waals surface area contributed by atoms with Gasteiger partial charge in [0.15, 0.2) is 5.16 Å². The van der Waals surface area contributed by atoms with Crippen LogP contribution in [-0.2, 0) is 0 Å². The fourth-order valence-electron chi connectivity index (χ4n) is 1.26. The Balaban J connectivity index is 2.22. The number of hydrogen-bond donors (Lipinski definition) is 0. The Morgan fingerprint density at radius 1 is 1.26 bits per heavy atom. The molecule has 0 aliphatic heterocycles. The molecule has 2 rings (SSSR count). The molecule has 0 spiro atoms. The van der Waals surface area contributed by atoms with Crippen LogP contribution in [0.15, 0.2) is 34.3 Å². The van der Waals surface area contributed by atoms with E-state index in [-0.39, 0.29) is 23.2 Å². The first-order valence-electron chi connectivity index (χ1n) is 5.54. The van der Waals surface area contributed by atoms with Crippen molar-refractivity contribution in [1.29, 1.82) is 0 Å². The molecule has 0 aliphatic carbocycles. The highest BCUT2D eigenvalue weighted by Gasteiger charge is 2.09. The molecule has 0 radical (unpaired) electrons. The number of ether oxygens (including phenoxy) is 1. The maximum Gasteiger partial charge on any atom is 0.322 e. The first-order chi connectivity index (χ1) is 9.02. The number of benzene rings is 1. The van der Waals surface area contributed by atoms with E-state index in [0.29, 0.717) is 10.1 Å². The maximum absolute atomic E-state index is 13.1. The number of halogens is 2. The van der Waals surface area contributed by atoms with E-state index in [0.717, 1.165) is 0 Å². The van der Waals surface area contributed by atoms with E-state index >= 15 is 0 Å². The van der Waals surface area contributed by atoms with Crippen LogP contribution in [0.1, 0.15) is 13.8 Å². The van der Waals surface area contributed by atoms with Crippen LogP contribution in [0, 0.1) is 5.82 Å². The lowest BCUT2D eigenvalue weighted by atomic mass is 10.4. The summed E-state index contributed by atoms with van der Waals surface area (Å²) in [5.74, 6) is -0.316. The summed E-state index contributed by atoms with van der Waals surface area (Å²) in [5.41, 5.74) is 0. The van der Waals surface area contributed by atoms with Crippen molar-refractivity contribution < 1.29 is 9.13 Å². The number of hydrogen-bond acceptors (Lipinski definition) is 5. The van der Waals surface area contributed by atoms with Crippen LogP contribution in [0.3, 0.4) is 0 Å². The largest absolute Gasteiger partial charge is 0.461 e. The summed E-state index contributed by atoms with van der Waals surface area (Å²) >= 11 is 6.99. The van der Waals surface area contributed by atoms with Gasteiger partial charge in [-0.25, -0.2) is 4.39 Å². The quantitative estimate of drug-likeness (QED) is 0.863. The summed E-state index contributed by atoms with van der Waals surface area (Å²) in [6.07, 6.45) is -0.0644. The van der Waals surface area contributed by atoms with E-state index < -0.39 is 0 Å². The third-order valence-corrected chi connectivity index (χ3v) is 2.94. The van der Waals surface area contributed by atoms with Crippen molar-refractivity contribution in [3.05, 3.63) is 35.4 Å². The molecule has 0 bridgehead atoms. The van der Waals surface area contributed by atoms with E-state index in [9.17, 15) is 4.39 Å². The van der Waals surface area contributed by atoms with Crippen LogP contribution in [-0.4, -0.2) is 21.1 Å². The van der Waals surface area contributed by atoms with Crippen LogP contribution < -0.4 is 4.74 Å². The van der Waals surface area contributed by atoms with Gasteiger partial charge in [0.2, 0.25) is 5.28 Å². The second kappa shape index (κ2) is 6.16. The predicted molar refractivity (Wildman–Crippen MR) is 71.1 cm³/mol. The third-order valence-electron chi connectivity index (χ3n) is 1.91. The van der Waals surface area contributed by atoms with Gasteiger partial charge in [-0.15, -0.1) is 0 Å². The molecule has 0 atom stereocenters. The SMILES string of the molecule is CC(C)Oc1nc(Cl)nc(Sc2cccc(F)c2)n1. The number of nitrogens with zero attached hydrogens (tertiary/aromatic N) is 3. The zero-order chi connectivity index (χ0) is 13.8. The molecule has 7 heteroatoms. The second-order valence-electron chi connectivity index (χ2n) is 3.90. The van der Waals surface area contributed by atoms with Gasteiger partial charge >= 0.3 is 6.01 Å². The van der Waals surface area contributed by atoms with Crippen LogP contribution in [0.5, 0.6) is 6.01 Å². The molecule has 0 saturated carbocycles. The minimum atomic E-state index is -0.316. The molecule has 0 aliphatic rings. The highest BCUT2D eigenvalue weighted by molar-refractivity contribution is 7.99. The summed E-state index contributed by atoms with van der Waals surface area (Å²) in [6.45, 7) is 3.72. The van der Waals surface area contributed by atoms with Crippen LogP contribution in [0.4, 0.5) is 4.39 Å². The third kappa shape index (κ3) is 4.33. The molecular weight excluding hydrogens is 289 g/mol. The first kappa shape index (κ1) is 14.0. The smallest absolute Gasteiger partial charge is 0.322 e. The summed E-state index contributed by atoms with van der Waals surface area (Å²) < 4.78 is 18.4. The lowest BCUT2D eigenvalue weighted by Crippen LogP contribution is -2.09. The van der Waals surface area contributed by atoms with Gasteiger partial charge in [-0.3, -0.25) is 0 Å². The van der Waals surface area contributed by atoms with Crippen molar-refractivity contribution in [2.45, 2.75) is 30.0 Å². The van der Waals surface area contributed by atoms with E-state index in [1.807, 2.05) is 13.8 Å². The van der Waals surface area contributed by atoms with Crippen molar-refractivity contribution in [2.24, 2.45) is 0 Å². The molecule has 0 fully saturated rings. The van der Waals surface area contributed by atoms with Crippen molar-refractivity contribution in [3.63, 3.8) is 0 Å². The maximum atomic E-state index is 13.1. The molecule has 1 aromatic heterocycles. The summed E-state index contributed by atoms with van der Waals surface area (Å²) in [4.78, 5) is 12.6. The lowest BCUT2D eigenvalue weighted by Gasteiger charge is -2.08. The Labute approximate surface area is 119 Å². The van der Waals surface area contributed by atoms with Crippen molar-refractivity contribution in [1.82, 2.24) is 15.0 Å². The Bertz CT molecular complexity index is 583. The number of rotatable bonds is 4. The minimum Gasteiger partial charge on any atom is -0.461 e. The Hall–Kier alpha value is -1.40. The van der Waals surface area contributed by atoms with Gasteiger partial charge in [-0.05, 0) is 55.4 Å². The van der Waals surface area contributed by atoms with Gasteiger partial charge in [0, 0.05) is 4.90 Å². The zero-order valence-corrected chi connectivity index (χ0v) is 11.9. The minimum absolute atomic E-state index is 0.0459. The molecule has 1 aromatic carbocycles. The number of aromatic nitrogens is 3. The Morgan fingerprint density at radius 2 is 2.05 bits per heavy atom. The monoisotopic (exact) mass is 299 g/mol. The average Bonchev–Trinajstić information content (AvgIpc) is 2.26. The molecule has 4 nitrogen and oxygen atoms in total. The normalized spacial score (nSPS) is 10.8. The van der Waals surface area contributed by atoms with Crippen molar-refractivity contribution in [3.8, 4) is 6.01 Å². The molecule has 0 N–H and O–H groups in total. The molecule has 100 valence electrons. The summed E-state index contributed by atoms with van der Waals surface area (Å²) in [5, 5.41) is 0.408. The highest BCUT2D eigenvalue weighted by atomic mass is 35.5. The van der Waals surface area contributed by atoms with Gasteiger partial charge in [0.05, 0.1) is 6.10 Å².